The topological polar surface area (TPSA) is 69.4 Å². The second-order valence-corrected chi connectivity index (χ2v) is 7.63. The van der Waals surface area contributed by atoms with E-state index in [-0.39, 0.29) is 17.6 Å². The zero-order valence-electron chi connectivity index (χ0n) is 10.2. The first kappa shape index (κ1) is 14.9. The highest BCUT2D eigenvalue weighted by Gasteiger charge is 2.30. The second kappa shape index (κ2) is 5.87. The number of benzene rings is 1. The van der Waals surface area contributed by atoms with E-state index in [1.807, 2.05) is 0 Å². The Kier molecular flexibility index (Phi) is 4.61. The Balaban J connectivity index is 2.24. The van der Waals surface area contributed by atoms with Crippen molar-refractivity contribution < 1.29 is 13.2 Å². The third-order valence-electron chi connectivity index (χ3n) is 2.97. The van der Waals surface area contributed by atoms with Gasteiger partial charge in [-0.2, -0.15) is 0 Å². The Hall–Kier alpha value is -0.490. The average molecular weight is 324 g/mol. The molecule has 1 aromatic carbocycles. The molecule has 0 bridgehead atoms. The highest BCUT2D eigenvalue weighted by molar-refractivity contribution is 7.91. The SMILES string of the molecule is NCCc1cc(Cl)cc(Cl)c1OC1CCS(=O)(=O)C1. The molecule has 106 valence electrons. The first-order valence-electron chi connectivity index (χ1n) is 5.96. The molecule has 1 fully saturated rings. The van der Waals surface area contributed by atoms with Crippen LogP contribution in [0.25, 0.3) is 0 Å². The molecule has 1 heterocycles. The van der Waals surface area contributed by atoms with Crippen LogP contribution < -0.4 is 10.5 Å². The van der Waals surface area contributed by atoms with Crippen molar-refractivity contribution in [1.82, 2.24) is 0 Å². The highest BCUT2D eigenvalue weighted by atomic mass is 35.5. The van der Waals surface area contributed by atoms with Crippen LogP contribution in [0.5, 0.6) is 5.75 Å². The van der Waals surface area contributed by atoms with E-state index < -0.39 is 9.84 Å². The molecule has 0 saturated carbocycles. The lowest BCUT2D eigenvalue weighted by atomic mass is 10.1. The Morgan fingerprint density at radius 2 is 2.11 bits per heavy atom. The Morgan fingerprint density at radius 3 is 2.68 bits per heavy atom. The molecule has 1 saturated heterocycles. The summed E-state index contributed by atoms with van der Waals surface area (Å²) in [6.07, 6.45) is 0.721. The van der Waals surface area contributed by atoms with Crippen LogP contribution in [-0.4, -0.2) is 32.6 Å². The molecule has 1 unspecified atom stereocenters. The van der Waals surface area contributed by atoms with Gasteiger partial charge in [0.1, 0.15) is 11.9 Å². The maximum atomic E-state index is 11.4. The predicted octanol–water partition coefficient (Wildman–Crippen LogP) is 2.06. The molecule has 1 aromatic rings. The van der Waals surface area contributed by atoms with Crippen LogP contribution in [0.4, 0.5) is 0 Å². The van der Waals surface area contributed by atoms with Gasteiger partial charge in [0, 0.05) is 5.02 Å². The molecule has 0 aromatic heterocycles. The molecule has 4 nitrogen and oxygen atoms in total. The molecule has 1 aliphatic heterocycles. The van der Waals surface area contributed by atoms with Gasteiger partial charge in [-0.25, -0.2) is 8.42 Å². The van der Waals surface area contributed by atoms with Crippen molar-refractivity contribution in [2.75, 3.05) is 18.1 Å². The van der Waals surface area contributed by atoms with E-state index in [1.165, 1.54) is 0 Å². The number of hydrogen-bond acceptors (Lipinski definition) is 4. The first-order valence-corrected chi connectivity index (χ1v) is 8.54. The van der Waals surface area contributed by atoms with Gasteiger partial charge in [-0.3, -0.25) is 0 Å². The van der Waals surface area contributed by atoms with Gasteiger partial charge in [0.05, 0.1) is 16.5 Å². The van der Waals surface area contributed by atoms with Crippen molar-refractivity contribution in [2.45, 2.75) is 18.9 Å². The fraction of sp³-hybridized carbons (Fsp3) is 0.500. The van der Waals surface area contributed by atoms with Gasteiger partial charge in [-0.05, 0) is 37.1 Å². The van der Waals surface area contributed by atoms with E-state index in [4.69, 9.17) is 33.7 Å². The summed E-state index contributed by atoms with van der Waals surface area (Å²) >= 11 is 12.1. The smallest absolute Gasteiger partial charge is 0.154 e. The average Bonchev–Trinajstić information content (AvgIpc) is 2.63. The fourth-order valence-corrected chi connectivity index (χ4v) is 4.28. The molecular formula is C12H15Cl2NO3S. The summed E-state index contributed by atoms with van der Waals surface area (Å²) in [5.41, 5.74) is 6.35. The van der Waals surface area contributed by atoms with Crippen molar-refractivity contribution in [3.63, 3.8) is 0 Å². The zero-order chi connectivity index (χ0) is 14.0. The summed E-state index contributed by atoms with van der Waals surface area (Å²) in [7, 11) is -2.98. The van der Waals surface area contributed by atoms with Crippen LogP contribution in [0.1, 0.15) is 12.0 Å². The minimum atomic E-state index is -2.98. The first-order chi connectivity index (χ1) is 8.91. The van der Waals surface area contributed by atoms with Crippen molar-refractivity contribution in [3.8, 4) is 5.75 Å². The van der Waals surface area contributed by atoms with Crippen molar-refractivity contribution in [2.24, 2.45) is 5.73 Å². The Labute approximate surface area is 122 Å². The Morgan fingerprint density at radius 1 is 1.37 bits per heavy atom. The van der Waals surface area contributed by atoms with Crippen LogP contribution in [-0.2, 0) is 16.3 Å². The normalized spacial score (nSPS) is 21.5. The summed E-state index contributed by atoms with van der Waals surface area (Å²) in [5, 5.41) is 0.903. The van der Waals surface area contributed by atoms with Gasteiger partial charge in [-0.1, -0.05) is 23.2 Å². The minimum absolute atomic E-state index is 0.0357. The molecule has 2 N–H and O–H groups in total. The molecule has 1 atom stereocenters. The number of halogens is 2. The van der Waals surface area contributed by atoms with E-state index in [0.29, 0.717) is 35.2 Å². The predicted molar refractivity (Wildman–Crippen MR) is 76.9 cm³/mol. The zero-order valence-corrected chi connectivity index (χ0v) is 12.6. The van der Waals surface area contributed by atoms with Crippen LogP contribution in [0, 0.1) is 0 Å². The molecule has 0 amide bonds. The molecular weight excluding hydrogens is 309 g/mol. The lowest BCUT2D eigenvalue weighted by Crippen LogP contribution is -2.19. The van der Waals surface area contributed by atoms with Crippen LogP contribution in [0.3, 0.4) is 0 Å². The van der Waals surface area contributed by atoms with Gasteiger partial charge in [0.2, 0.25) is 0 Å². The summed E-state index contributed by atoms with van der Waals surface area (Å²) < 4.78 is 28.6. The molecule has 0 spiro atoms. The second-order valence-electron chi connectivity index (χ2n) is 4.56. The lowest BCUT2D eigenvalue weighted by Gasteiger charge is -2.17. The van der Waals surface area contributed by atoms with Gasteiger partial charge in [0.15, 0.2) is 9.84 Å². The van der Waals surface area contributed by atoms with Crippen molar-refractivity contribution >= 4 is 33.0 Å². The monoisotopic (exact) mass is 323 g/mol. The highest BCUT2D eigenvalue weighted by Crippen LogP contribution is 2.34. The molecule has 1 aliphatic rings. The van der Waals surface area contributed by atoms with Crippen molar-refractivity contribution in [3.05, 3.63) is 27.7 Å². The van der Waals surface area contributed by atoms with Crippen molar-refractivity contribution in [1.29, 1.82) is 0 Å². The molecule has 7 heteroatoms. The maximum Gasteiger partial charge on any atom is 0.154 e. The Bertz CT molecular complexity index is 575. The van der Waals surface area contributed by atoms with Gasteiger partial charge in [0.25, 0.3) is 0 Å². The van der Waals surface area contributed by atoms with E-state index in [0.717, 1.165) is 5.56 Å². The summed E-state index contributed by atoms with van der Waals surface area (Å²) in [4.78, 5) is 0. The van der Waals surface area contributed by atoms with E-state index >= 15 is 0 Å². The lowest BCUT2D eigenvalue weighted by molar-refractivity contribution is 0.227. The minimum Gasteiger partial charge on any atom is -0.487 e. The van der Waals surface area contributed by atoms with E-state index in [2.05, 4.69) is 0 Å². The summed E-state index contributed by atoms with van der Waals surface area (Å²) in [6.45, 7) is 0.440. The number of sulfone groups is 1. The van der Waals surface area contributed by atoms with Crippen LogP contribution in [0.2, 0.25) is 10.0 Å². The van der Waals surface area contributed by atoms with Crippen LogP contribution in [0.15, 0.2) is 12.1 Å². The fourth-order valence-electron chi connectivity index (χ4n) is 2.11. The standard InChI is InChI=1S/C12H15Cl2NO3S/c13-9-5-8(1-3-15)12(11(14)6-9)18-10-2-4-19(16,17)7-10/h5-6,10H,1-4,7,15H2. The number of ether oxygens (including phenoxy) is 1. The molecule has 0 radical (unpaired) electrons. The molecule has 19 heavy (non-hydrogen) atoms. The largest absolute Gasteiger partial charge is 0.487 e. The number of hydrogen-bond donors (Lipinski definition) is 1. The number of nitrogens with two attached hydrogens (primary N) is 1. The van der Waals surface area contributed by atoms with Gasteiger partial charge in [-0.15, -0.1) is 0 Å². The molecule has 0 aliphatic carbocycles. The maximum absolute atomic E-state index is 11.4. The van der Waals surface area contributed by atoms with Gasteiger partial charge < -0.3 is 10.5 Å². The van der Waals surface area contributed by atoms with Gasteiger partial charge >= 0.3 is 0 Å². The summed E-state index contributed by atoms with van der Waals surface area (Å²) in [6, 6.07) is 3.33. The summed E-state index contributed by atoms with van der Waals surface area (Å²) in [5.74, 6) is 0.696. The quantitative estimate of drug-likeness (QED) is 0.920. The van der Waals surface area contributed by atoms with E-state index in [9.17, 15) is 8.42 Å². The molecule has 2 rings (SSSR count). The number of rotatable bonds is 4. The van der Waals surface area contributed by atoms with E-state index in [1.54, 1.807) is 12.1 Å². The van der Waals surface area contributed by atoms with Crippen LogP contribution >= 0.6 is 23.2 Å². The third-order valence-corrected chi connectivity index (χ3v) is 5.21. The third kappa shape index (κ3) is 3.75.